The van der Waals surface area contributed by atoms with Gasteiger partial charge >= 0.3 is 0 Å². The fourth-order valence-electron chi connectivity index (χ4n) is 2.68. The van der Waals surface area contributed by atoms with Crippen LogP contribution in [-0.2, 0) is 11.8 Å². The number of benzene rings is 1. The molecule has 8 heteroatoms. The molecule has 8 nitrogen and oxygen atoms in total. The Hall–Kier alpha value is -3.42. The Labute approximate surface area is 156 Å². The molecule has 140 valence electrons. The lowest BCUT2D eigenvalue weighted by Crippen LogP contribution is -2.38. The van der Waals surface area contributed by atoms with Gasteiger partial charge in [-0.3, -0.25) is 14.3 Å². The molecule has 2 amide bonds. The van der Waals surface area contributed by atoms with Gasteiger partial charge in [-0.2, -0.15) is 5.10 Å². The van der Waals surface area contributed by atoms with E-state index in [0.717, 1.165) is 16.8 Å². The standard InChI is InChI=1S/C19H21N5O3/c1-12(15-10-21-24(3)13(15)2)22-18(25)11-20-19(26)16-9-17(27-23-16)14-7-5-4-6-8-14/h4-10,12H,11H2,1-3H3,(H,20,26)(H,22,25). The maximum Gasteiger partial charge on any atom is 0.273 e. The van der Waals surface area contributed by atoms with Crippen LogP contribution < -0.4 is 10.6 Å². The molecule has 27 heavy (non-hydrogen) atoms. The maximum absolute atomic E-state index is 12.2. The van der Waals surface area contributed by atoms with Gasteiger partial charge in [0.25, 0.3) is 5.91 Å². The molecule has 3 rings (SSSR count). The molecule has 0 saturated carbocycles. The lowest BCUT2D eigenvalue weighted by Gasteiger charge is -2.13. The molecule has 1 unspecified atom stereocenters. The number of aryl methyl sites for hydroxylation is 1. The van der Waals surface area contributed by atoms with Crippen LogP contribution in [0.2, 0.25) is 0 Å². The number of hydrogen-bond donors (Lipinski definition) is 2. The zero-order valence-corrected chi connectivity index (χ0v) is 15.4. The van der Waals surface area contributed by atoms with Crippen LogP contribution in [0.3, 0.4) is 0 Å². The summed E-state index contributed by atoms with van der Waals surface area (Å²) in [5.74, 6) is -0.280. The van der Waals surface area contributed by atoms with Crippen LogP contribution in [0, 0.1) is 6.92 Å². The molecule has 0 radical (unpaired) electrons. The van der Waals surface area contributed by atoms with Gasteiger partial charge in [-0.1, -0.05) is 35.5 Å². The molecule has 0 saturated heterocycles. The molecule has 0 fully saturated rings. The van der Waals surface area contributed by atoms with Crippen LogP contribution in [-0.4, -0.2) is 33.3 Å². The Morgan fingerprint density at radius 2 is 2.00 bits per heavy atom. The van der Waals surface area contributed by atoms with E-state index >= 15 is 0 Å². The van der Waals surface area contributed by atoms with Gasteiger partial charge < -0.3 is 15.2 Å². The van der Waals surface area contributed by atoms with Crippen molar-refractivity contribution in [3.05, 3.63) is 59.5 Å². The maximum atomic E-state index is 12.2. The van der Waals surface area contributed by atoms with Gasteiger partial charge in [-0.15, -0.1) is 0 Å². The minimum absolute atomic E-state index is 0.123. The number of aromatic nitrogens is 3. The van der Waals surface area contributed by atoms with Gasteiger partial charge in [0, 0.05) is 29.9 Å². The fraction of sp³-hybridized carbons (Fsp3) is 0.263. The Kier molecular flexibility index (Phi) is 5.35. The SMILES string of the molecule is Cc1c(C(C)NC(=O)CNC(=O)c2cc(-c3ccccc3)on2)cnn1C. The van der Waals surface area contributed by atoms with E-state index in [1.165, 1.54) is 0 Å². The summed E-state index contributed by atoms with van der Waals surface area (Å²) < 4.78 is 6.94. The monoisotopic (exact) mass is 367 g/mol. The minimum Gasteiger partial charge on any atom is -0.355 e. The van der Waals surface area contributed by atoms with Crippen molar-refractivity contribution >= 4 is 11.8 Å². The second-order valence-electron chi connectivity index (χ2n) is 6.22. The Morgan fingerprint density at radius 3 is 2.67 bits per heavy atom. The third-order valence-corrected chi connectivity index (χ3v) is 4.33. The van der Waals surface area contributed by atoms with Gasteiger partial charge in [0.2, 0.25) is 5.91 Å². The molecule has 2 N–H and O–H groups in total. The number of hydrogen-bond acceptors (Lipinski definition) is 5. The Balaban J connectivity index is 1.54. The van der Waals surface area contributed by atoms with E-state index in [9.17, 15) is 9.59 Å². The molecule has 0 aliphatic carbocycles. The zero-order chi connectivity index (χ0) is 19.4. The smallest absolute Gasteiger partial charge is 0.273 e. The summed E-state index contributed by atoms with van der Waals surface area (Å²) in [7, 11) is 1.84. The largest absolute Gasteiger partial charge is 0.355 e. The summed E-state index contributed by atoms with van der Waals surface area (Å²) in [4.78, 5) is 24.3. The third kappa shape index (κ3) is 4.22. The average molecular weight is 367 g/mol. The molecule has 2 heterocycles. The topological polar surface area (TPSA) is 102 Å². The first-order chi connectivity index (χ1) is 13.0. The van der Waals surface area contributed by atoms with Crippen LogP contribution in [0.1, 0.15) is 34.7 Å². The van der Waals surface area contributed by atoms with Crippen molar-refractivity contribution in [3.63, 3.8) is 0 Å². The van der Waals surface area contributed by atoms with Crippen LogP contribution in [0.25, 0.3) is 11.3 Å². The van der Waals surface area contributed by atoms with Crippen molar-refractivity contribution in [2.24, 2.45) is 7.05 Å². The summed E-state index contributed by atoms with van der Waals surface area (Å²) in [6, 6.07) is 10.7. The summed E-state index contributed by atoms with van der Waals surface area (Å²) in [5.41, 5.74) is 2.85. The first-order valence-electron chi connectivity index (χ1n) is 8.54. The average Bonchev–Trinajstić information content (AvgIpc) is 3.28. The quantitative estimate of drug-likeness (QED) is 0.694. The van der Waals surface area contributed by atoms with Crippen LogP contribution >= 0.6 is 0 Å². The number of rotatable bonds is 6. The summed E-state index contributed by atoms with van der Waals surface area (Å²) >= 11 is 0. The van der Waals surface area contributed by atoms with E-state index < -0.39 is 5.91 Å². The summed E-state index contributed by atoms with van der Waals surface area (Å²) in [6.07, 6.45) is 1.72. The lowest BCUT2D eigenvalue weighted by molar-refractivity contribution is -0.120. The number of carbonyl (C=O) groups is 2. The molecule has 0 aliphatic rings. The van der Waals surface area contributed by atoms with Gasteiger partial charge in [-0.25, -0.2) is 0 Å². The van der Waals surface area contributed by atoms with E-state index in [-0.39, 0.29) is 24.2 Å². The second-order valence-corrected chi connectivity index (χ2v) is 6.22. The highest BCUT2D eigenvalue weighted by molar-refractivity contribution is 5.95. The normalized spacial score (nSPS) is 11.8. The highest BCUT2D eigenvalue weighted by Crippen LogP contribution is 2.19. The van der Waals surface area contributed by atoms with E-state index in [2.05, 4.69) is 20.9 Å². The second kappa shape index (κ2) is 7.86. The van der Waals surface area contributed by atoms with E-state index in [4.69, 9.17) is 4.52 Å². The fourth-order valence-corrected chi connectivity index (χ4v) is 2.68. The third-order valence-electron chi connectivity index (χ3n) is 4.33. The van der Waals surface area contributed by atoms with Crippen molar-refractivity contribution in [1.82, 2.24) is 25.6 Å². The molecular weight excluding hydrogens is 346 g/mol. The van der Waals surface area contributed by atoms with Crippen molar-refractivity contribution < 1.29 is 14.1 Å². The van der Waals surface area contributed by atoms with Gasteiger partial charge in [-0.05, 0) is 13.8 Å². The predicted molar refractivity (Wildman–Crippen MR) is 98.8 cm³/mol. The number of nitrogens with one attached hydrogen (secondary N) is 2. The lowest BCUT2D eigenvalue weighted by atomic mass is 10.1. The van der Waals surface area contributed by atoms with Crippen LogP contribution in [0.5, 0.6) is 0 Å². The molecular formula is C19H21N5O3. The summed E-state index contributed by atoms with van der Waals surface area (Å²) in [6.45, 7) is 3.64. The zero-order valence-electron chi connectivity index (χ0n) is 15.4. The first-order valence-corrected chi connectivity index (χ1v) is 8.54. The molecule has 0 spiro atoms. The highest BCUT2D eigenvalue weighted by Gasteiger charge is 2.17. The van der Waals surface area contributed by atoms with Gasteiger partial charge in [0.1, 0.15) is 0 Å². The molecule has 0 aliphatic heterocycles. The van der Waals surface area contributed by atoms with Gasteiger partial charge in [0.15, 0.2) is 11.5 Å². The number of nitrogens with zero attached hydrogens (tertiary/aromatic N) is 3. The van der Waals surface area contributed by atoms with Crippen molar-refractivity contribution in [2.75, 3.05) is 6.54 Å². The molecule has 1 aromatic carbocycles. The molecule has 2 aromatic heterocycles. The Bertz CT molecular complexity index is 945. The minimum atomic E-state index is -0.471. The van der Waals surface area contributed by atoms with E-state index in [0.29, 0.717) is 5.76 Å². The van der Waals surface area contributed by atoms with E-state index in [1.54, 1.807) is 16.9 Å². The van der Waals surface area contributed by atoms with E-state index in [1.807, 2.05) is 51.2 Å². The van der Waals surface area contributed by atoms with Crippen molar-refractivity contribution in [3.8, 4) is 11.3 Å². The molecule has 3 aromatic rings. The van der Waals surface area contributed by atoms with Crippen molar-refractivity contribution in [1.29, 1.82) is 0 Å². The first kappa shape index (κ1) is 18.4. The number of amides is 2. The van der Waals surface area contributed by atoms with Crippen molar-refractivity contribution in [2.45, 2.75) is 19.9 Å². The number of carbonyl (C=O) groups excluding carboxylic acids is 2. The van der Waals surface area contributed by atoms with Crippen LogP contribution in [0.15, 0.2) is 47.1 Å². The molecule has 0 bridgehead atoms. The highest BCUT2D eigenvalue weighted by atomic mass is 16.5. The van der Waals surface area contributed by atoms with Gasteiger partial charge in [0.05, 0.1) is 18.8 Å². The summed E-state index contributed by atoms with van der Waals surface area (Å²) in [5, 5.41) is 13.3. The predicted octanol–water partition coefficient (Wildman–Crippen LogP) is 1.99. The van der Waals surface area contributed by atoms with Crippen LogP contribution in [0.4, 0.5) is 0 Å². The Morgan fingerprint density at radius 1 is 1.26 bits per heavy atom. The molecule has 1 atom stereocenters.